The number of unbranched alkanes of at least 4 members (excludes halogenated alkanes) is 20. The summed E-state index contributed by atoms with van der Waals surface area (Å²) < 4.78 is 34.6. The van der Waals surface area contributed by atoms with Crippen molar-refractivity contribution in [3.05, 3.63) is 170 Å². The summed E-state index contributed by atoms with van der Waals surface area (Å²) in [5.74, 6) is -0.873. The Morgan fingerprint density at radius 2 is 0.625 bits per heavy atom. The number of esters is 2. The van der Waals surface area contributed by atoms with Gasteiger partial charge in [-0.3, -0.25) is 18.6 Å². The number of phosphoric ester groups is 1. The molecule has 0 aliphatic rings. The molecule has 0 amide bonds. The SMILES string of the molecule is CC/C=C\C/C=C\C/C=C\C/C=C\C/C=C\C/C=C\C/C=C\C/C=C\C/C=C\CCCC(=O)OC(COC(=O)CCCCCCCCCCCCCCCCCCCCC/C=C\C/C=C\C/C=C\C/C=C\C/C=C\CC)COP(=O)(O)OCC[N+](C)(C)C. The summed E-state index contributed by atoms with van der Waals surface area (Å²) in [5, 5.41) is 0. The van der Waals surface area contributed by atoms with Crippen LogP contribution in [0, 0.1) is 0 Å². The van der Waals surface area contributed by atoms with Crippen molar-refractivity contribution in [2.24, 2.45) is 0 Å². The quantitative estimate of drug-likeness (QED) is 0.0211. The number of hydrogen-bond acceptors (Lipinski definition) is 7. The van der Waals surface area contributed by atoms with E-state index in [9.17, 15) is 19.0 Å². The molecule has 498 valence electrons. The molecule has 0 aromatic heterocycles. The van der Waals surface area contributed by atoms with Gasteiger partial charge in [0.15, 0.2) is 6.10 Å². The number of nitrogens with zero attached hydrogens (tertiary/aromatic N) is 1. The highest BCUT2D eigenvalue weighted by Gasteiger charge is 2.27. The van der Waals surface area contributed by atoms with Crippen LogP contribution in [0.2, 0.25) is 0 Å². The number of rotatable bonds is 62. The lowest BCUT2D eigenvalue weighted by Gasteiger charge is -2.24. The van der Waals surface area contributed by atoms with Crippen LogP contribution in [-0.2, 0) is 32.7 Å². The van der Waals surface area contributed by atoms with Crippen LogP contribution in [0.5, 0.6) is 0 Å². The maximum Gasteiger partial charge on any atom is 0.472 e. The first kappa shape index (κ1) is 83.4. The third-order valence-electron chi connectivity index (χ3n) is 14.2. The summed E-state index contributed by atoms with van der Waals surface area (Å²) in [5.41, 5.74) is 0. The maximum atomic E-state index is 12.8. The molecule has 1 N–H and O–H groups in total. The Hall–Kier alpha value is -4.63. The van der Waals surface area contributed by atoms with Crippen molar-refractivity contribution in [1.82, 2.24) is 0 Å². The topological polar surface area (TPSA) is 108 Å². The zero-order valence-corrected chi connectivity index (χ0v) is 57.5. The predicted octanol–water partition coefficient (Wildman–Crippen LogP) is 22.9. The molecular weight excluding hydrogens is 1110 g/mol. The fourth-order valence-electron chi connectivity index (χ4n) is 8.99. The van der Waals surface area contributed by atoms with Crippen LogP contribution in [0.4, 0.5) is 0 Å². The molecular formula is C78H129NO8P+. The monoisotopic (exact) mass is 1240 g/mol. The van der Waals surface area contributed by atoms with Crippen molar-refractivity contribution in [2.45, 2.75) is 264 Å². The van der Waals surface area contributed by atoms with Gasteiger partial charge in [0.05, 0.1) is 27.7 Å². The zero-order valence-electron chi connectivity index (χ0n) is 56.6. The van der Waals surface area contributed by atoms with E-state index in [0.717, 1.165) is 109 Å². The second-order valence-corrected chi connectivity index (χ2v) is 25.3. The lowest BCUT2D eigenvalue weighted by molar-refractivity contribution is -0.870. The summed E-state index contributed by atoms with van der Waals surface area (Å²) >= 11 is 0. The molecule has 0 aliphatic heterocycles. The number of ether oxygens (including phenoxy) is 2. The standard InChI is InChI=1S/C78H128NO8P/c1-6-8-10-12-14-16-18-20-22-24-26-28-30-32-34-36-37-38-39-40-41-43-44-46-48-50-52-54-56-58-60-62-64-66-68-70-77(80)84-74-76(75-86-88(82,83)85-73-72-79(3,4)5)87-78(81)71-69-67-65-63-61-59-57-55-53-51-49-47-45-42-35-33-31-29-27-25-23-21-19-17-15-13-11-9-7-2/h8-11,14-17,20-23,26-29,32-35,45,47,51,53,57,59,63,65,76H,6-7,12-13,18-19,24-25,30-31,36-44,46,48-50,52,54-56,58,60-62,64,66-75H2,1-5H3/p+1/b10-8-,11-9-,16-14-,17-15-,22-20-,23-21-,28-26-,29-27-,34-32-,35-33-,47-45-,53-51-,59-57-,65-63-. The average molecular weight is 1240 g/mol. The van der Waals surface area contributed by atoms with Crippen LogP contribution < -0.4 is 0 Å². The highest BCUT2D eigenvalue weighted by atomic mass is 31.2. The van der Waals surface area contributed by atoms with Gasteiger partial charge in [-0.15, -0.1) is 0 Å². The van der Waals surface area contributed by atoms with E-state index in [1.54, 1.807) is 0 Å². The minimum absolute atomic E-state index is 0.0127. The highest BCUT2D eigenvalue weighted by Crippen LogP contribution is 2.43. The first-order valence-electron chi connectivity index (χ1n) is 34.9. The summed E-state index contributed by atoms with van der Waals surface area (Å²) in [6.07, 6.45) is 102. The Balaban J connectivity index is 4.15. The largest absolute Gasteiger partial charge is 0.472 e. The van der Waals surface area contributed by atoms with E-state index < -0.39 is 26.5 Å². The molecule has 2 unspecified atom stereocenters. The Bertz CT molecular complexity index is 2090. The van der Waals surface area contributed by atoms with Crippen molar-refractivity contribution >= 4 is 19.8 Å². The van der Waals surface area contributed by atoms with Gasteiger partial charge < -0.3 is 18.9 Å². The zero-order chi connectivity index (χ0) is 64.1. The predicted molar refractivity (Wildman–Crippen MR) is 380 cm³/mol. The van der Waals surface area contributed by atoms with Crippen LogP contribution in [0.25, 0.3) is 0 Å². The Morgan fingerprint density at radius 3 is 0.943 bits per heavy atom. The number of likely N-dealkylation sites (N-methyl/N-ethyl adjacent to an activating group) is 1. The van der Waals surface area contributed by atoms with Gasteiger partial charge in [-0.2, -0.15) is 0 Å². The van der Waals surface area contributed by atoms with Crippen LogP contribution in [-0.4, -0.2) is 74.9 Å². The third-order valence-corrected chi connectivity index (χ3v) is 15.2. The number of hydrogen-bond donors (Lipinski definition) is 1. The van der Waals surface area contributed by atoms with Crippen molar-refractivity contribution in [1.29, 1.82) is 0 Å². The van der Waals surface area contributed by atoms with Crippen molar-refractivity contribution in [3.63, 3.8) is 0 Å². The van der Waals surface area contributed by atoms with Gasteiger partial charge in [0.2, 0.25) is 0 Å². The summed E-state index contributed by atoms with van der Waals surface area (Å²) in [7, 11) is 1.42. The smallest absolute Gasteiger partial charge is 0.462 e. The number of quaternary nitrogens is 1. The summed E-state index contributed by atoms with van der Waals surface area (Å²) in [6.45, 7) is 4.13. The van der Waals surface area contributed by atoms with E-state index in [1.807, 2.05) is 21.1 Å². The Morgan fingerprint density at radius 1 is 0.352 bits per heavy atom. The molecule has 0 aromatic rings. The van der Waals surface area contributed by atoms with E-state index in [2.05, 4.69) is 184 Å². The van der Waals surface area contributed by atoms with Gasteiger partial charge in [-0.05, 0) is 122 Å². The molecule has 0 radical (unpaired) electrons. The molecule has 0 bridgehead atoms. The molecule has 0 aromatic carbocycles. The maximum absolute atomic E-state index is 12.8. The van der Waals surface area contributed by atoms with Crippen LogP contribution in [0.15, 0.2) is 170 Å². The minimum atomic E-state index is -4.42. The van der Waals surface area contributed by atoms with E-state index in [-0.39, 0.29) is 32.0 Å². The van der Waals surface area contributed by atoms with E-state index in [4.69, 9.17) is 18.5 Å². The Labute approximate surface area is 540 Å². The molecule has 10 heteroatoms. The molecule has 0 aliphatic carbocycles. The van der Waals surface area contributed by atoms with Crippen molar-refractivity contribution in [3.8, 4) is 0 Å². The molecule has 0 saturated heterocycles. The molecule has 0 fully saturated rings. The van der Waals surface area contributed by atoms with Gasteiger partial charge in [0.1, 0.15) is 19.8 Å². The van der Waals surface area contributed by atoms with Gasteiger partial charge in [-0.1, -0.05) is 293 Å². The van der Waals surface area contributed by atoms with Gasteiger partial charge in [0.25, 0.3) is 0 Å². The fourth-order valence-corrected chi connectivity index (χ4v) is 9.73. The average Bonchev–Trinajstić information content (AvgIpc) is 3.68. The molecule has 2 atom stereocenters. The first-order chi connectivity index (χ1) is 43.0. The van der Waals surface area contributed by atoms with Crippen LogP contribution in [0.1, 0.15) is 258 Å². The highest BCUT2D eigenvalue weighted by molar-refractivity contribution is 7.47. The molecule has 88 heavy (non-hydrogen) atoms. The Kier molecular flexibility index (Phi) is 63.3. The van der Waals surface area contributed by atoms with Gasteiger partial charge >= 0.3 is 19.8 Å². The first-order valence-corrected chi connectivity index (χ1v) is 36.4. The summed E-state index contributed by atoms with van der Waals surface area (Å²) in [6, 6.07) is 0. The lowest BCUT2D eigenvalue weighted by atomic mass is 10.0. The number of phosphoric acid groups is 1. The second-order valence-electron chi connectivity index (χ2n) is 23.8. The van der Waals surface area contributed by atoms with Crippen molar-refractivity contribution < 1.29 is 42.1 Å². The molecule has 0 saturated carbocycles. The molecule has 9 nitrogen and oxygen atoms in total. The third kappa shape index (κ3) is 70.5. The van der Waals surface area contributed by atoms with Gasteiger partial charge in [-0.25, -0.2) is 4.57 Å². The van der Waals surface area contributed by atoms with Gasteiger partial charge in [0, 0.05) is 12.8 Å². The van der Waals surface area contributed by atoms with Crippen molar-refractivity contribution in [2.75, 3.05) is 47.5 Å². The minimum Gasteiger partial charge on any atom is -0.462 e. The summed E-state index contributed by atoms with van der Waals surface area (Å²) in [4.78, 5) is 35.8. The van der Waals surface area contributed by atoms with Crippen LogP contribution in [0.3, 0.4) is 0 Å². The molecule has 0 heterocycles. The number of carbonyl (C=O) groups excluding carboxylic acids is 2. The number of allylic oxidation sites excluding steroid dienone is 28. The number of carbonyl (C=O) groups is 2. The van der Waals surface area contributed by atoms with Crippen LogP contribution >= 0.6 is 7.82 Å². The molecule has 0 spiro atoms. The lowest BCUT2D eigenvalue weighted by Crippen LogP contribution is -2.37. The normalized spacial score (nSPS) is 14.2. The molecule has 0 rings (SSSR count). The van der Waals surface area contributed by atoms with E-state index in [1.165, 1.54) is 109 Å². The fraction of sp³-hybridized carbons (Fsp3) is 0.615. The second kappa shape index (κ2) is 66.8. The van der Waals surface area contributed by atoms with E-state index >= 15 is 0 Å². The van der Waals surface area contributed by atoms with E-state index in [0.29, 0.717) is 23.9 Å².